The molecule has 152 valence electrons. The van der Waals surface area contributed by atoms with Gasteiger partial charge in [-0.05, 0) is 42.2 Å². The molecule has 1 aromatic carbocycles. The number of fused-ring (bicyclic) bond motifs is 1. The van der Waals surface area contributed by atoms with Crippen LogP contribution in [0.2, 0.25) is 0 Å². The smallest absolute Gasteiger partial charge is 0.252 e. The summed E-state index contributed by atoms with van der Waals surface area (Å²) in [5, 5.41) is 10.6. The third-order valence-electron chi connectivity index (χ3n) is 5.68. The Kier molecular flexibility index (Phi) is 4.78. The normalized spacial score (nSPS) is 17.5. The van der Waals surface area contributed by atoms with Crippen LogP contribution in [-0.4, -0.2) is 33.1 Å². The zero-order valence-corrected chi connectivity index (χ0v) is 16.5. The second-order valence-electron chi connectivity index (χ2n) is 7.87. The molecule has 0 bridgehead atoms. The third kappa shape index (κ3) is 3.70. The van der Waals surface area contributed by atoms with Crippen LogP contribution in [0.4, 0.5) is 0 Å². The topological polar surface area (TPSA) is 88.9 Å². The van der Waals surface area contributed by atoms with Crippen LogP contribution in [0.5, 0.6) is 0 Å². The zero-order valence-electron chi connectivity index (χ0n) is 16.5. The van der Waals surface area contributed by atoms with E-state index in [4.69, 9.17) is 5.10 Å². The van der Waals surface area contributed by atoms with E-state index < -0.39 is 0 Å². The van der Waals surface area contributed by atoms with Gasteiger partial charge in [0, 0.05) is 42.2 Å². The lowest BCUT2D eigenvalue weighted by Gasteiger charge is -2.12. The molecule has 0 saturated heterocycles. The van der Waals surface area contributed by atoms with E-state index in [1.807, 2.05) is 35.0 Å². The summed E-state index contributed by atoms with van der Waals surface area (Å²) in [6.07, 6.45) is 8.24. The fraction of sp³-hybridized carbons (Fsp3) is 0.304. The van der Waals surface area contributed by atoms with Crippen molar-refractivity contribution in [3.05, 3.63) is 71.8 Å². The maximum absolute atomic E-state index is 12.4. The van der Waals surface area contributed by atoms with Gasteiger partial charge in [-0.1, -0.05) is 18.2 Å². The first-order valence-electron chi connectivity index (χ1n) is 10.3. The van der Waals surface area contributed by atoms with E-state index in [0.717, 1.165) is 22.4 Å². The molecule has 1 aliphatic heterocycles. The highest BCUT2D eigenvalue weighted by molar-refractivity contribution is 5.99. The van der Waals surface area contributed by atoms with Crippen LogP contribution in [0.15, 0.2) is 55.0 Å². The fourth-order valence-corrected chi connectivity index (χ4v) is 4.01. The molecule has 2 N–H and O–H groups in total. The van der Waals surface area contributed by atoms with Crippen molar-refractivity contribution < 1.29 is 9.59 Å². The van der Waals surface area contributed by atoms with Gasteiger partial charge < -0.3 is 10.6 Å². The summed E-state index contributed by atoms with van der Waals surface area (Å²) in [5.74, 6) is 0.340. The Hall–Kier alpha value is -3.48. The molecule has 7 heteroatoms. The summed E-state index contributed by atoms with van der Waals surface area (Å²) in [6, 6.07) is 11.2. The molecule has 30 heavy (non-hydrogen) atoms. The molecule has 2 aromatic heterocycles. The number of rotatable bonds is 7. The van der Waals surface area contributed by atoms with Crippen LogP contribution < -0.4 is 10.6 Å². The number of pyridine rings is 1. The summed E-state index contributed by atoms with van der Waals surface area (Å²) in [4.78, 5) is 28.5. The number of carbonyl (C=O) groups excluding carboxylic acids is 2. The summed E-state index contributed by atoms with van der Waals surface area (Å²) in [6.45, 7) is 1.09. The van der Waals surface area contributed by atoms with Gasteiger partial charge >= 0.3 is 0 Å². The number of nitrogens with one attached hydrogen (secondary N) is 2. The van der Waals surface area contributed by atoms with E-state index in [1.165, 1.54) is 12.8 Å². The maximum Gasteiger partial charge on any atom is 0.252 e. The lowest BCUT2D eigenvalue weighted by Crippen LogP contribution is -2.31. The molecule has 7 nitrogen and oxygen atoms in total. The van der Waals surface area contributed by atoms with Crippen LogP contribution >= 0.6 is 0 Å². The molecule has 3 heterocycles. The first kappa shape index (κ1) is 18.5. The summed E-state index contributed by atoms with van der Waals surface area (Å²) < 4.78 is 1.91. The van der Waals surface area contributed by atoms with Crippen molar-refractivity contribution in [3.8, 4) is 11.1 Å². The van der Waals surface area contributed by atoms with Gasteiger partial charge in [-0.2, -0.15) is 5.10 Å². The minimum absolute atomic E-state index is 0.0825. The van der Waals surface area contributed by atoms with Gasteiger partial charge in [0.2, 0.25) is 5.91 Å². The molecule has 2 amide bonds. The van der Waals surface area contributed by atoms with Crippen molar-refractivity contribution in [2.75, 3.05) is 6.54 Å². The van der Waals surface area contributed by atoms with Gasteiger partial charge in [0.25, 0.3) is 5.91 Å². The van der Waals surface area contributed by atoms with Crippen molar-refractivity contribution in [3.63, 3.8) is 0 Å². The van der Waals surface area contributed by atoms with Crippen LogP contribution in [0.1, 0.15) is 52.8 Å². The number of hydrogen-bond acceptors (Lipinski definition) is 4. The van der Waals surface area contributed by atoms with Crippen molar-refractivity contribution in [1.82, 2.24) is 25.4 Å². The van der Waals surface area contributed by atoms with Gasteiger partial charge in [-0.3, -0.25) is 19.3 Å². The molecule has 1 aliphatic carbocycles. The predicted octanol–water partition coefficient (Wildman–Crippen LogP) is 2.81. The third-order valence-corrected chi connectivity index (χ3v) is 5.68. The molecule has 2 aliphatic rings. The molecule has 1 saturated carbocycles. The molecular weight excluding hydrogens is 378 g/mol. The first-order valence-corrected chi connectivity index (χ1v) is 10.3. The molecule has 0 unspecified atom stereocenters. The Morgan fingerprint density at radius 2 is 1.93 bits per heavy atom. The van der Waals surface area contributed by atoms with Crippen molar-refractivity contribution in [1.29, 1.82) is 0 Å². The monoisotopic (exact) mass is 401 g/mol. The van der Waals surface area contributed by atoms with E-state index in [0.29, 0.717) is 24.6 Å². The highest BCUT2D eigenvalue weighted by atomic mass is 16.2. The first-order chi connectivity index (χ1) is 14.7. The zero-order chi connectivity index (χ0) is 20.5. The maximum atomic E-state index is 12.4. The average molecular weight is 401 g/mol. The number of aromatic nitrogens is 3. The standard InChI is InChI=1S/C23H23N5O2/c29-21(13-20-17-3-1-2-4-18(17)23(30)26-20)25-11-12-28-14-19(15-7-9-24-10-8-15)22(27-28)16-5-6-16/h1-4,7-10,14,16,20H,5-6,11-13H2,(H,25,29)(H,26,30)/t20-/m1/s1. The van der Waals surface area contributed by atoms with E-state index in [9.17, 15) is 9.59 Å². The van der Waals surface area contributed by atoms with E-state index in [2.05, 4.69) is 21.8 Å². The minimum Gasteiger partial charge on any atom is -0.354 e. The Morgan fingerprint density at radius 1 is 1.13 bits per heavy atom. The summed E-state index contributed by atoms with van der Waals surface area (Å²) in [5.41, 5.74) is 4.95. The largest absolute Gasteiger partial charge is 0.354 e. The lowest BCUT2D eigenvalue weighted by atomic mass is 10.0. The van der Waals surface area contributed by atoms with Gasteiger partial charge in [0.15, 0.2) is 0 Å². The van der Waals surface area contributed by atoms with Gasteiger partial charge in [0.05, 0.1) is 24.7 Å². The Labute approximate surface area is 174 Å². The second-order valence-corrected chi connectivity index (χ2v) is 7.87. The predicted molar refractivity (Wildman–Crippen MR) is 112 cm³/mol. The quantitative estimate of drug-likeness (QED) is 0.637. The Morgan fingerprint density at radius 3 is 2.73 bits per heavy atom. The Balaban J connectivity index is 1.19. The molecule has 5 rings (SSSR count). The van der Waals surface area contributed by atoms with Gasteiger partial charge in [-0.15, -0.1) is 0 Å². The molecular formula is C23H23N5O2. The van der Waals surface area contributed by atoms with E-state index in [1.54, 1.807) is 18.5 Å². The lowest BCUT2D eigenvalue weighted by molar-refractivity contribution is -0.121. The van der Waals surface area contributed by atoms with Crippen molar-refractivity contribution in [2.24, 2.45) is 0 Å². The fourth-order valence-electron chi connectivity index (χ4n) is 4.01. The number of nitrogens with zero attached hydrogens (tertiary/aromatic N) is 3. The number of benzene rings is 1. The average Bonchev–Trinajstić information content (AvgIpc) is 3.45. The molecule has 0 radical (unpaired) electrons. The van der Waals surface area contributed by atoms with Gasteiger partial charge in [0.1, 0.15) is 0 Å². The number of hydrogen-bond donors (Lipinski definition) is 2. The molecule has 1 fully saturated rings. The highest BCUT2D eigenvalue weighted by Gasteiger charge is 2.30. The van der Waals surface area contributed by atoms with Crippen LogP contribution in [0.25, 0.3) is 11.1 Å². The van der Waals surface area contributed by atoms with Gasteiger partial charge in [-0.25, -0.2) is 0 Å². The van der Waals surface area contributed by atoms with Crippen molar-refractivity contribution in [2.45, 2.75) is 37.8 Å². The number of amides is 2. The van der Waals surface area contributed by atoms with Crippen LogP contribution in [-0.2, 0) is 11.3 Å². The number of carbonyl (C=O) groups is 2. The molecule has 3 aromatic rings. The minimum atomic E-state index is -0.266. The van der Waals surface area contributed by atoms with Crippen molar-refractivity contribution >= 4 is 11.8 Å². The summed E-state index contributed by atoms with van der Waals surface area (Å²) in [7, 11) is 0. The SMILES string of the molecule is O=C(C[C@H]1NC(=O)c2ccccc21)NCCn1cc(-c2ccncc2)c(C2CC2)n1. The Bertz CT molecular complexity index is 1090. The van der Waals surface area contributed by atoms with E-state index >= 15 is 0 Å². The van der Waals surface area contributed by atoms with E-state index in [-0.39, 0.29) is 24.3 Å². The highest BCUT2D eigenvalue weighted by Crippen LogP contribution is 2.43. The molecule has 1 atom stereocenters. The second kappa shape index (κ2) is 7.74. The summed E-state index contributed by atoms with van der Waals surface area (Å²) >= 11 is 0. The van der Waals surface area contributed by atoms with Crippen LogP contribution in [0.3, 0.4) is 0 Å². The molecule has 0 spiro atoms. The van der Waals surface area contributed by atoms with Crippen LogP contribution in [0, 0.1) is 0 Å².